The Bertz CT molecular complexity index is 334. The van der Waals surface area contributed by atoms with Crippen LogP contribution in [0.2, 0.25) is 0 Å². The third-order valence-corrected chi connectivity index (χ3v) is 3.28. The fourth-order valence-corrected chi connectivity index (χ4v) is 1.61. The van der Waals surface area contributed by atoms with Gasteiger partial charge in [-0.2, -0.15) is 0 Å². The Hall–Kier alpha value is -1.58. The molecule has 4 nitrogen and oxygen atoms in total. The van der Waals surface area contributed by atoms with Crippen molar-refractivity contribution in [1.82, 2.24) is 0 Å². The second kappa shape index (κ2) is 16.8. The molecule has 0 saturated heterocycles. The van der Waals surface area contributed by atoms with Crippen LogP contribution in [0.3, 0.4) is 0 Å². The van der Waals surface area contributed by atoms with Crippen LogP contribution in [0.15, 0.2) is 25.3 Å². The Labute approximate surface area is 141 Å². The molecule has 0 bridgehead atoms. The first kappa shape index (κ1) is 23.7. The second-order valence-electron chi connectivity index (χ2n) is 5.80. The summed E-state index contributed by atoms with van der Waals surface area (Å²) in [5.74, 6) is 0.456. The maximum absolute atomic E-state index is 10.8. The van der Waals surface area contributed by atoms with E-state index in [1.54, 1.807) is 0 Å². The predicted molar refractivity (Wildman–Crippen MR) is 95.1 cm³/mol. The van der Waals surface area contributed by atoms with Crippen LogP contribution in [0, 0.1) is 11.8 Å². The van der Waals surface area contributed by atoms with Gasteiger partial charge >= 0.3 is 11.9 Å². The smallest absolute Gasteiger partial charge is 0.330 e. The lowest BCUT2D eigenvalue weighted by Crippen LogP contribution is -2.12. The minimum Gasteiger partial charge on any atom is -0.463 e. The summed E-state index contributed by atoms with van der Waals surface area (Å²) in [4.78, 5) is 21.2. The number of unbranched alkanes of at least 4 members (excludes halogenated alkanes) is 1. The van der Waals surface area contributed by atoms with Crippen molar-refractivity contribution in [2.24, 2.45) is 11.8 Å². The van der Waals surface area contributed by atoms with Crippen LogP contribution in [0.25, 0.3) is 0 Å². The second-order valence-corrected chi connectivity index (χ2v) is 5.80. The Morgan fingerprint density at radius 3 is 2.00 bits per heavy atom. The van der Waals surface area contributed by atoms with Crippen LogP contribution in [0.4, 0.5) is 0 Å². The van der Waals surface area contributed by atoms with Gasteiger partial charge in [0.15, 0.2) is 0 Å². The fourth-order valence-electron chi connectivity index (χ4n) is 1.61. The first-order chi connectivity index (χ1) is 10.9. The molecule has 0 amide bonds. The van der Waals surface area contributed by atoms with Gasteiger partial charge in [0.25, 0.3) is 0 Å². The molecule has 134 valence electrons. The van der Waals surface area contributed by atoms with Crippen molar-refractivity contribution in [3.8, 4) is 0 Å². The quantitative estimate of drug-likeness (QED) is 0.408. The first-order valence-corrected chi connectivity index (χ1v) is 8.49. The van der Waals surface area contributed by atoms with Crippen LogP contribution < -0.4 is 0 Å². The molecule has 0 heterocycles. The molecule has 1 unspecified atom stereocenters. The number of hydrogen-bond acceptors (Lipinski definition) is 4. The van der Waals surface area contributed by atoms with Crippen LogP contribution in [-0.2, 0) is 19.1 Å². The van der Waals surface area contributed by atoms with Gasteiger partial charge in [-0.1, -0.05) is 60.1 Å². The molecular formula is C19H34O4. The minimum absolute atomic E-state index is 0.310. The van der Waals surface area contributed by atoms with Gasteiger partial charge in [0.1, 0.15) is 0 Å². The van der Waals surface area contributed by atoms with Crippen LogP contribution in [0.5, 0.6) is 0 Å². The minimum atomic E-state index is -0.333. The van der Waals surface area contributed by atoms with Gasteiger partial charge < -0.3 is 9.47 Å². The molecule has 0 rings (SSSR count). The molecule has 0 radical (unpaired) electrons. The largest absolute Gasteiger partial charge is 0.463 e. The predicted octanol–water partition coefficient (Wildman–Crippen LogP) is 4.69. The Balaban J connectivity index is 0. The first-order valence-electron chi connectivity index (χ1n) is 8.49. The molecule has 0 N–H and O–H groups in total. The number of hydrogen-bond donors (Lipinski definition) is 0. The maximum Gasteiger partial charge on any atom is 0.330 e. The Morgan fingerprint density at radius 1 is 1.00 bits per heavy atom. The molecule has 0 fully saturated rings. The standard InChI is InChI=1S/C11H20O2.C8H14O2/c1-4-7-8-10(5-2)9-13-11(12)6-3;1-4-8(9)10-6-5-7(2)3/h6,10H,3-5,7-9H2,1-2H3;4,7H,1,5-6H2,2-3H3. The van der Waals surface area contributed by atoms with Gasteiger partial charge in [-0.25, -0.2) is 9.59 Å². The molecule has 0 aromatic rings. The number of rotatable bonds is 11. The van der Waals surface area contributed by atoms with Crippen LogP contribution in [0.1, 0.15) is 59.8 Å². The Kier molecular flexibility index (Phi) is 17.3. The summed E-state index contributed by atoms with van der Waals surface area (Å²) in [5, 5.41) is 0. The summed E-state index contributed by atoms with van der Waals surface area (Å²) >= 11 is 0. The highest BCUT2D eigenvalue weighted by Crippen LogP contribution is 2.12. The third-order valence-electron chi connectivity index (χ3n) is 3.28. The van der Waals surface area contributed by atoms with E-state index in [-0.39, 0.29) is 11.9 Å². The van der Waals surface area contributed by atoms with Gasteiger partial charge in [-0.15, -0.1) is 0 Å². The molecule has 0 aliphatic carbocycles. The van der Waals surface area contributed by atoms with E-state index in [4.69, 9.17) is 9.47 Å². The van der Waals surface area contributed by atoms with Gasteiger partial charge in [-0.3, -0.25) is 0 Å². The van der Waals surface area contributed by atoms with Gasteiger partial charge in [0.2, 0.25) is 0 Å². The van der Waals surface area contributed by atoms with Crippen molar-refractivity contribution < 1.29 is 19.1 Å². The number of carbonyl (C=O) groups is 2. The maximum atomic E-state index is 10.8. The lowest BCUT2D eigenvalue weighted by Gasteiger charge is -2.13. The van der Waals surface area contributed by atoms with E-state index < -0.39 is 0 Å². The molecule has 0 aliphatic rings. The lowest BCUT2D eigenvalue weighted by molar-refractivity contribution is -0.139. The zero-order valence-electron chi connectivity index (χ0n) is 15.3. The topological polar surface area (TPSA) is 52.6 Å². The van der Waals surface area contributed by atoms with Gasteiger partial charge in [0, 0.05) is 12.2 Å². The highest BCUT2D eigenvalue weighted by Gasteiger charge is 2.07. The zero-order chi connectivity index (χ0) is 18.1. The molecule has 0 spiro atoms. The van der Waals surface area contributed by atoms with Crippen molar-refractivity contribution in [3.05, 3.63) is 25.3 Å². The molecule has 0 aliphatic heterocycles. The van der Waals surface area contributed by atoms with Gasteiger partial charge in [-0.05, 0) is 24.7 Å². The van der Waals surface area contributed by atoms with Crippen LogP contribution >= 0.6 is 0 Å². The van der Waals surface area contributed by atoms with E-state index in [1.165, 1.54) is 25.0 Å². The van der Waals surface area contributed by atoms with E-state index in [0.29, 0.717) is 25.0 Å². The molecule has 4 heteroatoms. The van der Waals surface area contributed by atoms with Crippen molar-refractivity contribution >= 4 is 11.9 Å². The molecule has 0 aromatic carbocycles. The molecule has 1 atom stereocenters. The highest BCUT2D eigenvalue weighted by atomic mass is 16.5. The molecule has 23 heavy (non-hydrogen) atoms. The summed E-state index contributed by atoms with van der Waals surface area (Å²) in [7, 11) is 0. The Morgan fingerprint density at radius 2 is 1.57 bits per heavy atom. The molecular weight excluding hydrogens is 292 g/mol. The van der Waals surface area contributed by atoms with E-state index in [1.807, 2.05) is 0 Å². The number of ether oxygens (including phenoxy) is 2. The van der Waals surface area contributed by atoms with Crippen molar-refractivity contribution in [2.45, 2.75) is 59.8 Å². The summed E-state index contributed by atoms with van der Waals surface area (Å²) in [6.07, 6.45) is 7.95. The van der Waals surface area contributed by atoms with Crippen molar-refractivity contribution in [3.63, 3.8) is 0 Å². The highest BCUT2D eigenvalue weighted by molar-refractivity contribution is 5.81. The summed E-state index contributed by atoms with van der Waals surface area (Å²) in [6.45, 7) is 16.1. The third kappa shape index (κ3) is 18.4. The average Bonchev–Trinajstić information content (AvgIpc) is 2.54. The van der Waals surface area contributed by atoms with E-state index in [9.17, 15) is 9.59 Å². The summed E-state index contributed by atoms with van der Waals surface area (Å²) in [6, 6.07) is 0. The number of carbonyl (C=O) groups excluding carboxylic acids is 2. The van der Waals surface area contributed by atoms with Gasteiger partial charge in [0.05, 0.1) is 13.2 Å². The summed E-state index contributed by atoms with van der Waals surface area (Å²) in [5.41, 5.74) is 0. The van der Waals surface area contributed by atoms with E-state index in [0.717, 1.165) is 19.3 Å². The lowest BCUT2D eigenvalue weighted by atomic mass is 10.0. The summed E-state index contributed by atoms with van der Waals surface area (Å²) < 4.78 is 9.73. The zero-order valence-corrected chi connectivity index (χ0v) is 15.3. The normalized spacial score (nSPS) is 11.0. The van der Waals surface area contributed by atoms with Crippen molar-refractivity contribution in [2.75, 3.05) is 13.2 Å². The van der Waals surface area contributed by atoms with E-state index >= 15 is 0 Å². The molecule has 0 saturated carbocycles. The fraction of sp³-hybridized carbons (Fsp3) is 0.684. The monoisotopic (exact) mass is 326 g/mol. The number of esters is 2. The van der Waals surface area contributed by atoms with Crippen molar-refractivity contribution in [1.29, 1.82) is 0 Å². The molecule has 0 aromatic heterocycles. The van der Waals surface area contributed by atoms with Crippen LogP contribution in [-0.4, -0.2) is 25.2 Å². The SMILES string of the molecule is C=CC(=O)OCC(CC)CCCC.C=CC(=O)OCCC(C)C. The van der Waals surface area contributed by atoms with E-state index in [2.05, 4.69) is 40.9 Å². The average molecular weight is 326 g/mol.